The van der Waals surface area contributed by atoms with Crippen LogP contribution in [0.1, 0.15) is 24.1 Å². The van der Waals surface area contributed by atoms with E-state index in [9.17, 15) is 9.59 Å². The molecule has 1 aliphatic rings. The number of fused-ring (bicyclic) bond motifs is 1. The Labute approximate surface area is 212 Å². The maximum atomic E-state index is 13.8. The van der Waals surface area contributed by atoms with E-state index in [1.165, 1.54) is 22.0 Å². The first-order chi connectivity index (χ1) is 17.4. The Bertz CT molecular complexity index is 1520. The highest BCUT2D eigenvalue weighted by atomic mass is 32.1. The average molecular weight is 507 g/mol. The molecule has 3 aromatic rings. The fourth-order valence-corrected chi connectivity index (χ4v) is 5.10. The fraction of sp³-hybridized carbons (Fsp3) is 0.222. The first-order valence-electron chi connectivity index (χ1n) is 11.1. The molecule has 0 radical (unpaired) electrons. The van der Waals surface area contributed by atoms with Gasteiger partial charge in [-0.15, -0.1) is 0 Å². The van der Waals surface area contributed by atoms with Gasteiger partial charge in [0.15, 0.2) is 16.3 Å². The molecule has 186 valence electrons. The molecule has 1 atom stereocenters. The minimum Gasteiger partial charge on any atom is -0.497 e. The van der Waals surface area contributed by atoms with E-state index < -0.39 is 12.0 Å². The number of benzene rings is 2. The molecule has 2 heterocycles. The molecule has 0 saturated heterocycles. The minimum atomic E-state index is -0.723. The Morgan fingerprint density at radius 2 is 1.86 bits per heavy atom. The van der Waals surface area contributed by atoms with Crippen LogP contribution in [0.2, 0.25) is 0 Å². The minimum absolute atomic E-state index is 0.0466. The van der Waals surface area contributed by atoms with Crippen LogP contribution >= 0.6 is 11.3 Å². The van der Waals surface area contributed by atoms with Gasteiger partial charge in [0.05, 0.1) is 43.2 Å². The van der Waals surface area contributed by atoms with Gasteiger partial charge in [-0.05, 0) is 36.8 Å². The van der Waals surface area contributed by atoms with Gasteiger partial charge in [0.2, 0.25) is 0 Å². The lowest BCUT2D eigenvalue weighted by Gasteiger charge is -2.24. The van der Waals surface area contributed by atoms with Crippen LogP contribution in [0.3, 0.4) is 0 Å². The van der Waals surface area contributed by atoms with Gasteiger partial charge in [0, 0.05) is 5.56 Å². The number of nitrogens with zero attached hydrogens (tertiary/aromatic N) is 2. The number of hydrogen-bond acceptors (Lipinski definition) is 8. The van der Waals surface area contributed by atoms with Gasteiger partial charge >= 0.3 is 5.97 Å². The third-order valence-corrected chi connectivity index (χ3v) is 6.71. The Balaban J connectivity index is 1.94. The number of esters is 1. The lowest BCUT2D eigenvalue weighted by atomic mass is 9.96. The number of rotatable bonds is 8. The van der Waals surface area contributed by atoms with Crippen molar-refractivity contribution in [1.29, 1.82) is 0 Å². The van der Waals surface area contributed by atoms with Crippen LogP contribution in [0.15, 0.2) is 76.2 Å². The molecule has 0 saturated carbocycles. The normalized spacial score (nSPS) is 15.1. The molecule has 36 heavy (non-hydrogen) atoms. The number of carbonyl (C=O) groups is 1. The molecule has 4 rings (SSSR count). The van der Waals surface area contributed by atoms with Crippen LogP contribution in [0, 0.1) is 0 Å². The molecule has 2 aromatic carbocycles. The lowest BCUT2D eigenvalue weighted by Crippen LogP contribution is -2.39. The third-order valence-electron chi connectivity index (χ3n) is 5.73. The molecule has 1 aromatic heterocycles. The third kappa shape index (κ3) is 4.57. The van der Waals surface area contributed by atoms with E-state index in [-0.39, 0.29) is 12.2 Å². The highest BCUT2D eigenvalue weighted by Crippen LogP contribution is 2.33. The van der Waals surface area contributed by atoms with Crippen molar-refractivity contribution in [2.75, 3.05) is 27.9 Å². The highest BCUT2D eigenvalue weighted by Gasteiger charge is 2.33. The number of allylic oxidation sites excluding steroid dienone is 1. The molecule has 8 nitrogen and oxygen atoms in total. The summed E-state index contributed by atoms with van der Waals surface area (Å²) in [6.07, 6.45) is 3.23. The van der Waals surface area contributed by atoms with Crippen molar-refractivity contribution in [2.45, 2.75) is 13.0 Å². The smallest absolute Gasteiger partial charge is 0.338 e. The predicted molar refractivity (Wildman–Crippen MR) is 137 cm³/mol. The molecular weight excluding hydrogens is 480 g/mol. The van der Waals surface area contributed by atoms with Crippen LogP contribution < -0.4 is 29.1 Å². The predicted octanol–water partition coefficient (Wildman–Crippen LogP) is 2.99. The zero-order valence-electron chi connectivity index (χ0n) is 20.4. The van der Waals surface area contributed by atoms with Gasteiger partial charge in [-0.3, -0.25) is 9.36 Å². The standard InChI is InChI=1S/C27H26N2O6S/c1-6-14-35-26(31)22-16(2)28-27-29(23(22)17-10-12-19(32-3)13-11-17)25(30)21(36-27)15-18-8-7-9-20(33-4)24(18)34-5/h6-13,15,23H,1,14H2,2-5H3/b21-15+. The van der Waals surface area contributed by atoms with E-state index in [0.717, 1.165) is 5.56 Å². The average Bonchev–Trinajstić information content (AvgIpc) is 3.20. The van der Waals surface area contributed by atoms with E-state index in [4.69, 9.17) is 18.9 Å². The molecule has 1 aliphatic heterocycles. The van der Waals surface area contributed by atoms with Crippen LogP contribution in [0.25, 0.3) is 6.08 Å². The molecule has 0 amide bonds. The van der Waals surface area contributed by atoms with Gasteiger partial charge in [-0.25, -0.2) is 9.79 Å². The molecule has 0 spiro atoms. The van der Waals surface area contributed by atoms with Crippen molar-refractivity contribution >= 4 is 23.4 Å². The zero-order valence-corrected chi connectivity index (χ0v) is 21.3. The monoisotopic (exact) mass is 506 g/mol. The van der Waals surface area contributed by atoms with Crippen molar-refractivity contribution in [3.05, 3.63) is 97.2 Å². The van der Waals surface area contributed by atoms with E-state index in [2.05, 4.69) is 11.6 Å². The first-order valence-corrected chi connectivity index (χ1v) is 11.9. The van der Waals surface area contributed by atoms with Gasteiger partial charge in [0.1, 0.15) is 12.4 Å². The van der Waals surface area contributed by atoms with Crippen LogP contribution in [0.4, 0.5) is 0 Å². The summed E-state index contributed by atoms with van der Waals surface area (Å²) in [5.41, 5.74) is 1.90. The summed E-state index contributed by atoms with van der Waals surface area (Å²) in [6, 6.07) is 11.9. The summed E-state index contributed by atoms with van der Waals surface area (Å²) in [6.45, 7) is 5.39. The van der Waals surface area contributed by atoms with Crippen LogP contribution in [-0.4, -0.2) is 38.5 Å². The van der Waals surface area contributed by atoms with Crippen LogP contribution in [0.5, 0.6) is 17.2 Å². The zero-order chi connectivity index (χ0) is 25.8. The maximum absolute atomic E-state index is 13.8. The quantitative estimate of drug-likeness (QED) is 0.345. The number of thiazole rings is 1. The SMILES string of the molecule is C=CCOC(=O)C1=C(C)N=c2s/c(=C/c3cccc(OC)c3OC)c(=O)n2C1c1ccc(OC)cc1. The summed E-state index contributed by atoms with van der Waals surface area (Å²) in [7, 11) is 4.68. The number of hydrogen-bond donors (Lipinski definition) is 0. The van der Waals surface area contributed by atoms with E-state index in [0.29, 0.717) is 43.4 Å². The highest BCUT2D eigenvalue weighted by molar-refractivity contribution is 7.07. The summed E-state index contributed by atoms with van der Waals surface area (Å²) in [5, 5.41) is 0. The van der Waals surface area contributed by atoms with Crippen molar-refractivity contribution in [1.82, 2.24) is 4.57 Å². The lowest BCUT2D eigenvalue weighted by molar-refractivity contribution is -0.138. The van der Waals surface area contributed by atoms with E-state index in [1.807, 2.05) is 24.3 Å². The van der Waals surface area contributed by atoms with Gasteiger partial charge in [-0.1, -0.05) is 48.3 Å². The topological polar surface area (TPSA) is 88.4 Å². The van der Waals surface area contributed by atoms with Gasteiger partial charge in [-0.2, -0.15) is 0 Å². The summed E-state index contributed by atoms with van der Waals surface area (Å²) in [4.78, 5) is 31.9. The second kappa shape index (κ2) is 10.7. The van der Waals surface area contributed by atoms with Crippen molar-refractivity contribution in [2.24, 2.45) is 4.99 Å². The number of carbonyl (C=O) groups excluding carboxylic acids is 1. The molecular formula is C27H26N2O6S. The Morgan fingerprint density at radius 3 is 2.50 bits per heavy atom. The van der Waals surface area contributed by atoms with Gasteiger partial charge in [0.25, 0.3) is 5.56 Å². The van der Waals surface area contributed by atoms with Crippen molar-refractivity contribution in [3.8, 4) is 17.2 Å². The number of aromatic nitrogens is 1. The largest absolute Gasteiger partial charge is 0.497 e. The first kappa shape index (κ1) is 25.0. The molecule has 0 fully saturated rings. The van der Waals surface area contributed by atoms with E-state index in [1.54, 1.807) is 52.5 Å². The molecule has 1 unspecified atom stereocenters. The number of methoxy groups -OCH3 is 3. The second-order valence-electron chi connectivity index (χ2n) is 7.82. The Hall–Kier alpha value is -4.11. The summed E-state index contributed by atoms with van der Waals surface area (Å²) < 4.78 is 23.5. The number of ether oxygens (including phenoxy) is 4. The number of para-hydroxylation sites is 1. The summed E-state index contributed by atoms with van der Waals surface area (Å²) >= 11 is 1.24. The molecule has 0 bridgehead atoms. The van der Waals surface area contributed by atoms with Crippen molar-refractivity contribution < 1.29 is 23.7 Å². The van der Waals surface area contributed by atoms with Crippen LogP contribution in [-0.2, 0) is 9.53 Å². The molecule has 0 N–H and O–H groups in total. The fourth-order valence-electron chi connectivity index (χ4n) is 4.06. The Morgan fingerprint density at radius 1 is 1.11 bits per heavy atom. The van der Waals surface area contributed by atoms with E-state index >= 15 is 0 Å². The molecule has 9 heteroatoms. The summed E-state index contributed by atoms with van der Waals surface area (Å²) in [5.74, 6) is 1.18. The van der Waals surface area contributed by atoms with Crippen molar-refractivity contribution in [3.63, 3.8) is 0 Å². The maximum Gasteiger partial charge on any atom is 0.338 e. The molecule has 0 aliphatic carbocycles. The Kier molecular flexibility index (Phi) is 7.40. The second-order valence-corrected chi connectivity index (χ2v) is 8.83. The van der Waals surface area contributed by atoms with Gasteiger partial charge < -0.3 is 18.9 Å².